The second-order valence-electron chi connectivity index (χ2n) is 5.52. The first kappa shape index (κ1) is 17.9. The number of amides is 1. The number of hydrogen-bond donors (Lipinski definition) is 3. The Morgan fingerprint density at radius 1 is 1.26 bits per heavy atom. The average Bonchev–Trinajstić information content (AvgIpc) is 2.26. The van der Waals surface area contributed by atoms with Crippen LogP contribution in [0.3, 0.4) is 0 Å². The molecule has 1 unspecified atom stereocenters. The maximum absolute atomic E-state index is 11.6. The standard InChI is InChI=1S/C13H27N3O3/c1-13(2,3)19-11(17)7-9-16-12(18)10(15)6-4-5-8-14/h10H,4-9,14-15H2,1-3H3,(H,16,18). The van der Waals surface area contributed by atoms with Crippen LogP contribution in [0.15, 0.2) is 0 Å². The van der Waals surface area contributed by atoms with E-state index in [-0.39, 0.29) is 24.8 Å². The summed E-state index contributed by atoms with van der Waals surface area (Å²) in [5, 5.41) is 2.63. The first-order valence-electron chi connectivity index (χ1n) is 6.71. The Morgan fingerprint density at radius 2 is 1.89 bits per heavy atom. The van der Waals surface area contributed by atoms with E-state index in [4.69, 9.17) is 16.2 Å². The number of hydrogen-bond acceptors (Lipinski definition) is 5. The highest BCUT2D eigenvalue weighted by molar-refractivity contribution is 5.82. The molecule has 0 radical (unpaired) electrons. The molecule has 1 amide bonds. The highest BCUT2D eigenvalue weighted by atomic mass is 16.6. The Hall–Kier alpha value is -1.14. The SMILES string of the molecule is CC(C)(C)OC(=O)CCNC(=O)C(N)CCCCN. The fourth-order valence-electron chi connectivity index (χ4n) is 1.45. The van der Waals surface area contributed by atoms with E-state index in [1.165, 1.54) is 0 Å². The Kier molecular flexibility index (Phi) is 8.34. The van der Waals surface area contributed by atoms with Crippen LogP contribution in [-0.4, -0.2) is 36.6 Å². The van der Waals surface area contributed by atoms with Crippen LogP contribution in [0, 0.1) is 0 Å². The number of nitrogens with one attached hydrogen (secondary N) is 1. The van der Waals surface area contributed by atoms with Crippen molar-refractivity contribution < 1.29 is 14.3 Å². The van der Waals surface area contributed by atoms with Crippen molar-refractivity contribution in [1.82, 2.24) is 5.32 Å². The van der Waals surface area contributed by atoms with Crippen LogP contribution in [0.2, 0.25) is 0 Å². The molecule has 0 aliphatic heterocycles. The molecule has 0 aromatic heterocycles. The summed E-state index contributed by atoms with van der Waals surface area (Å²) in [6.07, 6.45) is 2.45. The number of nitrogens with two attached hydrogens (primary N) is 2. The van der Waals surface area contributed by atoms with Crippen LogP contribution >= 0.6 is 0 Å². The molecule has 0 saturated carbocycles. The fraction of sp³-hybridized carbons (Fsp3) is 0.846. The zero-order chi connectivity index (χ0) is 14.9. The first-order valence-corrected chi connectivity index (χ1v) is 6.71. The molecular weight excluding hydrogens is 246 g/mol. The lowest BCUT2D eigenvalue weighted by molar-refractivity contribution is -0.154. The summed E-state index contributed by atoms with van der Waals surface area (Å²) >= 11 is 0. The van der Waals surface area contributed by atoms with Gasteiger partial charge in [0.15, 0.2) is 0 Å². The normalized spacial score (nSPS) is 12.9. The highest BCUT2D eigenvalue weighted by Gasteiger charge is 2.17. The third kappa shape index (κ3) is 10.5. The van der Waals surface area contributed by atoms with Gasteiger partial charge in [-0.25, -0.2) is 0 Å². The Bertz CT molecular complexity index is 287. The van der Waals surface area contributed by atoms with E-state index < -0.39 is 11.6 Å². The summed E-state index contributed by atoms with van der Waals surface area (Å²) in [6, 6.07) is -0.537. The van der Waals surface area contributed by atoms with E-state index in [0.29, 0.717) is 13.0 Å². The molecule has 6 nitrogen and oxygen atoms in total. The first-order chi connectivity index (χ1) is 8.76. The Balaban J connectivity index is 3.76. The summed E-state index contributed by atoms with van der Waals surface area (Å²) < 4.78 is 5.12. The average molecular weight is 273 g/mol. The summed E-state index contributed by atoms with van der Waals surface area (Å²) in [5.74, 6) is -0.565. The van der Waals surface area contributed by atoms with Crippen molar-refractivity contribution >= 4 is 11.9 Å². The van der Waals surface area contributed by atoms with Crippen LogP contribution in [0.1, 0.15) is 46.5 Å². The van der Waals surface area contributed by atoms with Crippen molar-refractivity contribution in [3.8, 4) is 0 Å². The summed E-state index contributed by atoms with van der Waals surface area (Å²) in [5.41, 5.74) is 10.6. The lowest BCUT2D eigenvalue weighted by Crippen LogP contribution is -2.41. The van der Waals surface area contributed by atoms with Gasteiger partial charge in [0.2, 0.25) is 5.91 Å². The smallest absolute Gasteiger partial charge is 0.308 e. The molecular formula is C13H27N3O3. The maximum Gasteiger partial charge on any atom is 0.308 e. The van der Waals surface area contributed by atoms with Crippen molar-refractivity contribution in [3.05, 3.63) is 0 Å². The van der Waals surface area contributed by atoms with E-state index >= 15 is 0 Å². The van der Waals surface area contributed by atoms with Crippen molar-refractivity contribution in [2.45, 2.75) is 58.1 Å². The van der Waals surface area contributed by atoms with Crippen LogP contribution in [0.25, 0.3) is 0 Å². The van der Waals surface area contributed by atoms with E-state index in [9.17, 15) is 9.59 Å². The van der Waals surface area contributed by atoms with E-state index in [1.54, 1.807) is 20.8 Å². The molecule has 0 heterocycles. The van der Waals surface area contributed by atoms with Crippen molar-refractivity contribution in [3.63, 3.8) is 0 Å². The van der Waals surface area contributed by atoms with Gasteiger partial charge in [-0.1, -0.05) is 6.42 Å². The predicted molar refractivity (Wildman–Crippen MR) is 74.4 cm³/mol. The molecule has 0 saturated heterocycles. The van der Waals surface area contributed by atoms with Crippen molar-refractivity contribution in [2.24, 2.45) is 11.5 Å². The highest BCUT2D eigenvalue weighted by Crippen LogP contribution is 2.07. The van der Waals surface area contributed by atoms with Gasteiger partial charge in [-0.05, 0) is 40.2 Å². The molecule has 0 fully saturated rings. The second-order valence-corrected chi connectivity index (χ2v) is 5.52. The monoisotopic (exact) mass is 273 g/mol. The molecule has 0 bridgehead atoms. The predicted octanol–water partition coefficient (Wildman–Crippen LogP) is 0.291. The molecule has 0 aromatic rings. The van der Waals surface area contributed by atoms with Crippen LogP contribution in [0.4, 0.5) is 0 Å². The van der Waals surface area contributed by atoms with Crippen LogP contribution < -0.4 is 16.8 Å². The quantitative estimate of drug-likeness (QED) is 0.435. The van der Waals surface area contributed by atoms with Gasteiger partial charge >= 0.3 is 5.97 Å². The number of rotatable bonds is 8. The number of esters is 1. The fourth-order valence-corrected chi connectivity index (χ4v) is 1.45. The van der Waals surface area contributed by atoms with Crippen molar-refractivity contribution in [2.75, 3.05) is 13.1 Å². The van der Waals surface area contributed by atoms with Gasteiger partial charge in [0.25, 0.3) is 0 Å². The Labute approximate surface area is 115 Å². The molecule has 6 heteroatoms. The molecule has 0 aromatic carbocycles. The number of carbonyl (C=O) groups is 2. The van der Waals surface area contributed by atoms with Gasteiger partial charge in [-0.15, -0.1) is 0 Å². The third-order valence-corrected chi connectivity index (χ3v) is 2.35. The zero-order valence-electron chi connectivity index (χ0n) is 12.2. The van der Waals surface area contributed by atoms with E-state index in [2.05, 4.69) is 5.32 Å². The van der Waals surface area contributed by atoms with Gasteiger partial charge in [-0.3, -0.25) is 9.59 Å². The van der Waals surface area contributed by atoms with Gasteiger partial charge in [0, 0.05) is 6.54 Å². The zero-order valence-corrected chi connectivity index (χ0v) is 12.2. The molecule has 0 aliphatic carbocycles. The molecule has 112 valence electrons. The Morgan fingerprint density at radius 3 is 2.42 bits per heavy atom. The topological polar surface area (TPSA) is 107 Å². The minimum Gasteiger partial charge on any atom is -0.460 e. The van der Waals surface area contributed by atoms with Gasteiger partial charge in [0.05, 0.1) is 12.5 Å². The molecule has 19 heavy (non-hydrogen) atoms. The lowest BCUT2D eigenvalue weighted by Gasteiger charge is -2.19. The largest absolute Gasteiger partial charge is 0.460 e. The number of carbonyl (C=O) groups excluding carboxylic acids is 2. The van der Waals surface area contributed by atoms with E-state index in [1.807, 2.05) is 0 Å². The minimum atomic E-state index is -0.537. The van der Waals surface area contributed by atoms with Crippen LogP contribution in [0.5, 0.6) is 0 Å². The minimum absolute atomic E-state index is 0.151. The molecule has 0 spiro atoms. The summed E-state index contributed by atoms with van der Waals surface area (Å²) in [4.78, 5) is 23.0. The molecule has 0 aliphatic rings. The third-order valence-electron chi connectivity index (χ3n) is 2.35. The second kappa shape index (κ2) is 8.87. The summed E-state index contributed by atoms with van der Waals surface area (Å²) in [6.45, 7) is 6.26. The van der Waals surface area contributed by atoms with Crippen LogP contribution in [-0.2, 0) is 14.3 Å². The van der Waals surface area contributed by atoms with Gasteiger partial charge < -0.3 is 21.5 Å². The molecule has 1 atom stereocenters. The lowest BCUT2D eigenvalue weighted by atomic mass is 10.1. The van der Waals surface area contributed by atoms with Gasteiger partial charge in [0.1, 0.15) is 5.60 Å². The van der Waals surface area contributed by atoms with Gasteiger partial charge in [-0.2, -0.15) is 0 Å². The number of ether oxygens (including phenoxy) is 1. The van der Waals surface area contributed by atoms with E-state index in [0.717, 1.165) is 12.8 Å². The maximum atomic E-state index is 11.6. The summed E-state index contributed by atoms with van der Waals surface area (Å²) in [7, 11) is 0. The molecule has 0 rings (SSSR count). The number of unbranched alkanes of at least 4 members (excludes halogenated alkanes) is 1. The molecule has 5 N–H and O–H groups in total. The van der Waals surface area contributed by atoms with Crippen molar-refractivity contribution in [1.29, 1.82) is 0 Å².